The van der Waals surface area contributed by atoms with Crippen LogP contribution in [-0.4, -0.2) is 39.9 Å². The summed E-state index contributed by atoms with van der Waals surface area (Å²) in [5.41, 5.74) is -1.10. The second kappa shape index (κ2) is 9.10. The van der Waals surface area contributed by atoms with Gasteiger partial charge < -0.3 is 4.74 Å². The van der Waals surface area contributed by atoms with E-state index in [9.17, 15) is 27.2 Å². The van der Waals surface area contributed by atoms with Crippen LogP contribution in [0.2, 0.25) is 0 Å². The van der Waals surface area contributed by atoms with Crippen molar-refractivity contribution in [3.8, 4) is 0 Å². The van der Waals surface area contributed by atoms with E-state index < -0.39 is 58.3 Å². The predicted molar refractivity (Wildman–Crippen MR) is 109 cm³/mol. The Hall–Kier alpha value is -3.23. The van der Waals surface area contributed by atoms with Crippen LogP contribution in [0.15, 0.2) is 36.7 Å². The van der Waals surface area contributed by atoms with E-state index in [1.54, 1.807) is 39.1 Å². The summed E-state index contributed by atoms with van der Waals surface area (Å²) in [7, 11) is 0. The molecule has 1 amide bonds. The number of hydrogen-bond acceptors (Lipinski definition) is 4. The number of benzene rings is 1. The maximum Gasteiger partial charge on any atom is 0.410 e. The molecule has 0 aliphatic carbocycles. The number of ketones is 1. The van der Waals surface area contributed by atoms with E-state index in [1.807, 2.05) is 0 Å². The van der Waals surface area contributed by atoms with Crippen molar-refractivity contribution in [3.05, 3.63) is 71.1 Å². The molecule has 5 nitrogen and oxygen atoms in total. The largest absolute Gasteiger partial charge is 0.444 e. The molecule has 2 aromatic rings. The topological polar surface area (TPSA) is 59.5 Å². The standard InChI is InChI=1S/C23H22F4N2O3/c1-23(2,3)32-22(31)29-12-14(19-20(26)15(24)10-16(25)21(19)27)9-17(29)18(30)7-6-13-5-4-8-28-11-13/h4-8,10-11,14,17H,9,12H2,1-3H3/b7-6+/t14-,17+/m0/s1. The highest BCUT2D eigenvalue weighted by atomic mass is 19.2. The molecule has 0 bridgehead atoms. The molecule has 3 rings (SSSR count). The summed E-state index contributed by atoms with van der Waals surface area (Å²) < 4.78 is 61.5. The SMILES string of the molecule is CC(C)(C)OC(=O)N1C[C@@H](c2c(F)c(F)cc(F)c2F)C[C@@H]1C(=O)/C=C/c1cccnc1. The van der Waals surface area contributed by atoms with Crippen molar-refractivity contribution in [2.45, 2.75) is 44.8 Å². The Kier molecular flexibility index (Phi) is 6.66. The molecule has 2 atom stereocenters. The van der Waals surface area contributed by atoms with E-state index in [0.29, 0.717) is 5.56 Å². The van der Waals surface area contributed by atoms with Crippen molar-refractivity contribution < 1.29 is 31.9 Å². The molecule has 1 fully saturated rings. The third-order valence-electron chi connectivity index (χ3n) is 4.94. The Bertz CT molecular complexity index is 1030. The minimum atomic E-state index is -1.55. The summed E-state index contributed by atoms with van der Waals surface area (Å²) in [6.45, 7) is 4.53. The average Bonchev–Trinajstić information content (AvgIpc) is 3.16. The van der Waals surface area contributed by atoms with Crippen LogP contribution < -0.4 is 0 Å². The fourth-order valence-corrected chi connectivity index (χ4v) is 3.55. The first-order valence-electron chi connectivity index (χ1n) is 9.92. The fraction of sp³-hybridized carbons (Fsp3) is 0.348. The van der Waals surface area contributed by atoms with Crippen molar-refractivity contribution in [2.24, 2.45) is 0 Å². The zero-order valence-corrected chi connectivity index (χ0v) is 17.7. The number of amides is 1. The van der Waals surface area contributed by atoms with Gasteiger partial charge in [0.05, 0.1) is 6.04 Å². The second-order valence-corrected chi connectivity index (χ2v) is 8.49. The predicted octanol–water partition coefficient (Wildman–Crippen LogP) is 5.01. The van der Waals surface area contributed by atoms with Crippen molar-refractivity contribution in [3.63, 3.8) is 0 Å². The van der Waals surface area contributed by atoms with Gasteiger partial charge in [-0.15, -0.1) is 0 Å². The summed E-state index contributed by atoms with van der Waals surface area (Å²) >= 11 is 0. The van der Waals surface area contributed by atoms with Crippen molar-refractivity contribution in [1.82, 2.24) is 9.88 Å². The first-order chi connectivity index (χ1) is 15.0. The number of rotatable bonds is 4. The van der Waals surface area contributed by atoms with Gasteiger partial charge in [-0.05, 0) is 51.0 Å². The summed E-state index contributed by atoms with van der Waals surface area (Å²) in [5, 5.41) is 0. The zero-order chi connectivity index (χ0) is 23.6. The van der Waals surface area contributed by atoms with Crippen LogP contribution in [0.5, 0.6) is 0 Å². The van der Waals surface area contributed by atoms with Gasteiger partial charge in [0.1, 0.15) is 5.60 Å². The molecule has 0 saturated carbocycles. The first-order valence-corrected chi connectivity index (χ1v) is 9.92. The Morgan fingerprint density at radius 1 is 1.16 bits per heavy atom. The Labute approximate surface area is 182 Å². The lowest BCUT2D eigenvalue weighted by Crippen LogP contribution is -2.43. The fourth-order valence-electron chi connectivity index (χ4n) is 3.55. The number of nitrogens with zero attached hydrogens (tertiary/aromatic N) is 2. The Morgan fingerprint density at radius 2 is 1.81 bits per heavy atom. The molecule has 9 heteroatoms. The van der Waals surface area contributed by atoms with Crippen LogP contribution in [0.4, 0.5) is 22.4 Å². The van der Waals surface area contributed by atoms with Crippen molar-refractivity contribution in [1.29, 1.82) is 0 Å². The molecule has 2 heterocycles. The zero-order valence-electron chi connectivity index (χ0n) is 17.7. The van der Waals surface area contributed by atoms with Crippen molar-refractivity contribution >= 4 is 18.0 Å². The van der Waals surface area contributed by atoms with Gasteiger partial charge in [-0.25, -0.2) is 22.4 Å². The van der Waals surface area contributed by atoms with Gasteiger partial charge in [-0.1, -0.05) is 6.07 Å². The van der Waals surface area contributed by atoms with Gasteiger partial charge >= 0.3 is 6.09 Å². The normalized spacial score (nSPS) is 18.9. The number of ether oxygens (including phenoxy) is 1. The molecule has 1 aliphatic rings. The van der Waals surface area contributed by atoms with E-state index in [-0.39, 0.29) is 19.0 Å². The molecule has 1 saturated heterocycles. The molecule has 0 N–H and O–H groups in total. The molecule has 1 aromatic heterocycles. The van der Waals surface area contributed by atoms with E-state index in [0.717, 1.165) is 4.90 Å². The number of aromatic nitrogens is 1. The van der Waals surface area contributed by atoms with E-state index in [1.165, 1.54) is 18.3 Å². The van der Waals surface area contributed by atoms with Gasteiger partial charge in [0.25, 0.3) is 0 Å². The first kappa shape index (κ1) is 23.4. The van der Waals surface area contributed by atoms with Crippen molar-refractivity contribution in [2.75, 3.05) is 6.54 Å². The maximum absolute atomic E-state index is 14.4. The van der Waals surface area contributed by atoms with Crippen LogP contribution in [0, 0.1) is 23.3 Å². The van der Waals surface area contributed by atoms with Crippen LogP contribution >= 0.6 is 0 Å². The van der Waals surface area contributed by atoms with Gasteiger partial charge in [0, 0.05) is 36.5 Å². The maximum atomic E-state index is 14.4. The number of hydrogen-bond donors (Lipinski definition) is 0. The molecule has 1 aliphatic heterocycles. The van der Waals surface area contributed by atoms with Crippen LogP contribution in [0.25, 0.3) is 6.08 Å². The number of carbonyl (C=O) groups excluding carboxylic acids is 2. The summed E-state index contributed by atoms with van der Waals surface area (Å²) in [6.07, 6.45) is 4.69. The van der Waals surface area contributed by atoms with Gasteiger partial charge in [0.2, 0.25) is 0 Å². The quantitative estimate of drug-likeness (QED) is 0.373. The third kappa shape index (κ3) is 5.15. The van der Waals surface area contributed by atoms with E-state index >= 15 is 0 Å². The number of halogens is 4. The van der Waals surface area contributed by atoms with Crippen LogP contribution in [0.3, 0.4) is 0 Å². The van der Waals surface area contributed by atoms with Gasteiger partial charge in [0.15, 0.2) is 29.1 Å². The molecule has 0 radical (unpaired) electrons. The minimum Gasteiger partial charge on any atom is -0.444 e. The highest BCUT2D eigenvalue weighted by molar-refractivity contribution is 5.99. The molecule has 32 heavy (non-hydrogen) atoms. The second-order valence-electron chi connectivity index (χ2n) is 8.49. The summed E-state index contributed by atoms with van der Waals surface area (Å²) in [5.74, 6) is -7.86. The van der Waals surface area contributed by atoms with E-state index in [4.69, 9.17) is 4.74 Å². The highest BCUT2D eigenvalue weighted by Gasteiger charge is 2.43. The molecule has 170 valence electrons. The lowest BCUT2D eigenvalue weighted by atomic mass is 9.93. The third-order valence-corrected chi connectivity index (χ3v) is 4.94. The molecule has 1 aromatic carbocycles. The van der Waals surface area contributed by atoms with Gasteiger partial charge in [-0.3, -0.25) is 14.7 Å². The number of carbonyl (C=O) groups is 2. The monoisotopic (exact) mass is 450 g/mol. The smallest absolute Gasteiger partial charge is 0.410 e. The lowest BCUT2D eigenvalue weighted by Gasteiger charge is -2.27. The van der Waals surface area contributed by atoms with Crippen LogP contribution in [0.1, 0.15) is 44.2 Å². The molecule has 0 spiro atoms. The Balaban J connectivity index is 1.94. The molecular weight excluding hydrogens is 428 g/mol. The number of pyridine rings is 1. The minimum absolute atomic E-state index is 0.119. The highest BCUT2D eigenvalue weighted by Crippen LogP contribution is 2.37. The van der Waals surface area contributed by atoms with E-state index in [2.05, 4.69) is 4.98 Å². The lowest BCUT2D eigenvalue weighted by molar-refractivity contribution is -0.118. The Morgan fingerprint density at radius 3 is 2.38 bits per heavy atom. The number of likely N-dealkylation sites (tertiary alicyclic amines) is 1. The van der Waals surface area contributed by atoms with Crippen LogP contribution in [-0.2, 0) is 9.53 Å². The summed E-state index contributed by atoms with van der Waals surface area (Å²) in [6, 6.07) is 2.37. The molecule has 0 unspecified atom stereocenters. The van der Waals surface area contributed by atoms with Gasteiger partial charge in [-0.2, -0.15) is 0 Å². The summed E-state index contributed by atoms with van der Waals surface area (Å²) in [4.78, 5) is 30.6. The molecular formula is C23H22F4N2O3. The average molecular weight is 450 g/mol.